The number of aromatic nitrogens is 4. The number of aliphatic hydroxyl groups is 3. The van der Waals surface area contributed by atoms with Crippen LogP contribution in [-0.4, -0.2) is 78.4 Å². The van der Waals surface area contributed by atoms with Crippen LogP contribution in [-0.2, 0) is 4.74 Å². The minimum Gasteiger partial charge on any atom is -0.390 e. The molecule has 2 aliphatic rings. The topological polar surface area (TPSA) is 146 Å². The van der Waals surface area contributed by atoms with E-state index >= 15 is 0 Å². The molecule has 0 radical (unpaired) electrons. The monoisotopic (exact) mass is 542 g/mol. The summed E-state index contributed by atoms with van der Waals surface area (Å²) in [6.45, 7) is 10.7. The van der Waals surface area contributed by atoms with Crippen LogP contribution in [0.5, 0.6) is 0 Å². The van der Waals surface area contributed by atoms with Crippen molar-refractivity contribution in [1.29, 1.82) is 0 Å². The summed E-state index contributed by atoms with van der Waals surface area (Å²) in [6, 6.07) is 1.45. The van der Waals surface area contributed by atoms with Crippen LogP contribution in [0, 0.1) is 25.7 Å². The average molecular weight is 543 g/mol. The van der Waals surface area contributed by atoms with Crippen LogP contribution in [0.4, 0.5) is 11.8 Å². The van der Waals surface area contributed by atoms with Gasteiger partial charge in [0.1, 0.15) is 22.4 Å². The summed E-state index contributed by atoms with van der Waals surface area (Å²) in [5, 5.41) is 39.6. The van der Waals surface area contributed by atoms with Crippen LogP contribution in [0.3, 0.4) is 0 Å². The van der Waals surface area contributed by atoms with Crippen molar-refractivity contribution in [2.45, 2.75) is 83.8 Å². The van der Waals surface area contributed by atoms with Gasteiger partial charge in [-0.3, -0.25) is 4.98 Å². The molecule has 0 saturated heterocycles. The Morgan fingerprint density at radius 1 is 1.08 bits per heavy atom. The molecule has 3 aromatic rings. The third-order valence-electron chi connectivity index (χ3n) is 7.85. The second-order valence-electron chi connectivity index (χ2n) is 11.1. The van der Waals surface area contributed by atoms with E-state index in [-0.39, 0.29) is 0 Å². The molecular formula is C27H38N6O4S. The van der Waals surface area contributed by atoms with Gasteiger partial charge in [0, 0.05) is 25.3 Å². The van der Waals surface area contributed by atoms with E-state index in [9.17, 15) is 15.3 Å². The standard InChI is InChI=1S/C27H38N6O4S/c1-6-37-16-9-15(10-16)12-29-26-30-13(2)20(25-32-21-14(3)28-8-7-19(21)38-25)24(33-26)31-18-11-17(27(4,5)36)22(34)23(18)35/h7-8,15-18,22-23,34-36H,6,9-12H2,1-5H3,(H2,29,30,31,33)/t15-,16+,17-,18?,22+,23-/m0/s1. The number of pyridine rings is 1. The highest BCUT2D eigenvalue weighted by Crippen LogP contribution is 2.40. The second kappa shape index (κ2) is 10.6. The largest absolute Gasteiger partial charge is 0.390 e. The summed E-state index contributed by atoms with van der Waals surface area (Å²) in [7, 11) is 0. The normalized spacial score (nSPS) is 27.5. The fourth-order valence-electron chi connectivity index (χ4n) is 5.60. The minimum atomic E-state index is -1.13. The quantitative estimate of drug-likeness (QED) is 0.273. The second-order valence-corrected chi connectivity index (χ2v) is 12.2. The summed E-state index contributed by atoms with van der Waals surface area (Å²) in [5.74, 6) is 1.07. The molecule has 3 heterocycles. The van der Waals surface area contributed by atoms with E-state index in [4.69, 9.17) is 19.7 Å². The van der Waals surface area contributed by atoms with Crippen molar-refractivity contribution in [2.75, 3.05) is 23.8 Å². The van der Waals surface area contributed by atoms with Crippen LogP contribution >= 0.6 is 11.3 Å². The first-order valence-corrected chi connectivity index (χ1v) is 14.2. The predicted octanol–water partition coefficient (Wildman–Crippen LogP) is 3.29. The highest BCUT2D eigenvalue weighted by molar-refractivity contribution is 7.21. The number of fused-ring (bicyclic) bond motifs is 1. The first-order valence-electron chi connectivity index (χ1n) is 13.4. The predicted molar refractivity (Wildman–Crippen MR) is 148 cm³/mol. The van der Waals surface area contributed by atoms with E-state index in [0.717, 1.165) is 58.2 Å². The van der Waals surface area contributed by atoms with Crippen LogP contribution in [0.1, 0.15) is 51.4 Å². The molecule has 5 N–H and O–H groups in total. The number of nitrogens with zero attached hydrogens (tertiary/aromatic N) is 4. The molecule has 3 aromatic heterocycles. The molecule has 11 heteroatoms. The first kappa shape index (κ1) is 27.1. The van der Waals surface area contributed by atoms with Gasteiger partial charge in [-0.15, -0.1) is 11.3 Å². The van der Waals surface area contributed by atoms with E-state index in [1.54, 1.807) is 31.4 Å². The molecule has 5 rings (SSSR count). The van der Waals surface area contributed by atoms with Crippen molar-refractivity contribution < 1.29 is 20.1 Å². The maximum atomic E-state index is 10.9. The zero-order chi connectivity index (χ0) is 27.2. The van der Waals surface area contributed by atoms with Gasteiger partial charge in [0.15, 0.2) is 0 Å². The number of nitrogens with one attached hydrogen (secondary N) is 2. The fraction of sp³-hybridized carbons (Fsp3) is 0.630. The van der Waals surface area contributed by atoms with Gasteiger partial charge in [-0.1, -0.05) is 0 Å². The van der Waals surface area contributed by atoms with Gasteiger partial charge in [0.25, 0.3) is 0 Å². The van der Waals surface area contributed by atoms with E-state index in [1.165, 1.54) is 0 Å². The van der Waals surface area contributed by atoms with Gasteiger partial charge < -0.3 is 30.7 Å². The molecule has 0 aliphatic heterocycles. The number of aryl methyl sites for hydroxylation is 2. The molecule has 0 aromatic carbocycles. The Hall–Kier alpha value is -2.44. The lowest BCUT2D eigenvalue weighted by Gasteiger charge is -2.35. The first-order chi connectivity index (χ1) is 18.0. The molecule has 10 nitrogen and oxygen atoms in total. The number of anilines is 2. The summed E-state index contributed by atoms with van der Waals surface area (Å²) in [4.78, 5) is 18.8. The minimum absolute atomic E-state index is 0.338. The maximum absolute atomic E-state index is 10.9. The summed E-state index contributed by atoms with van der Waals surface area (Å²) in [6.07, 6.45) is 2.44. The van der Waals surface area contributed by atoms with Gasteiger partial charge in [-0.2, -0.15) is 4.98 Å². The third kappa shape index (κ3) is 5.35. The van der Waals surface area contributed by atoms with Crippen LogP contribution in [0.25, 0.3) is 20.8 Å². The molecule has 38 heavy (non-hydrogen) atoms. The van der Waals surface area contributed by atoms with Crippen LogP contribution in [0.2, 0.25) is 0 Å². The van der Waals surface area contributed by atoms with Crippen molar-refractivity contribution in [3.63, 3.8) is 0 Å². The SMILES string of the molecule is CCO[C@H]1C[C@@H](CNc2nc(C)c(-c3nc4c(C)nccc4s3)c(NC3C[C@H](C(C)(C)O)[C@@H](O)[C@H]3O)n2)C1. The lowest BCUT2D eigenvalue weighted by atomic mass is 9.82. The maximum Gasteiger partial charge on any atom is 0.224 e. The number of thiazole rings is 1. The van der Waals surface area contributed by atoms with Gasteiger partial charge >= 0.3 is 0 Å². The highest BCUT2D eigenvalue weighted by atomic mass is 32.1. The summed E-state index contributed by atoms with van der Waals surface area (Å²) < 4.78 is 6.70. The van der Waals surface area contributed by atoms with Crippen molar-refractivity contribution in [3.05, 3.63) is 23.7 Å². The molecule has 4 atom stereocenters. The van der Waals surface area contributed by atoms with Crippen LogP contribution < -0.4 is 10.6 Å². The third-order valence-corrected chi connectivity index (χ3v) is 8.89. The van der Waals surface area contributed by atoms with Crippen molar-refractivity contribution in [3.8, 4) is 10.6 Å². The lowest BCUT2D eigenvalue weighted by Crippen LogP contribution is -2.40. The van der Waals surface area contributed by atoms with E-state index in [1.807, 2.05) is 26.8 Å². The van der Waals surface area contributed by atoms with Crippen LogP contribution in [0.15, 0.2) is 12.3 Å². The average Bonchev–Trinajstić information content (AvgIpc) is 3.37. The highest BCUT2D eigenvalue weighted by Gasteiger charge is 2.48. The number of rotatable bonds is 9. The Morgan fingerprint density at radius 2 is 1.84 bits per heavy atom. The van der Waals surface area contributed by atoms with Crippen molar-refractivity contribution in [2.24, 2.45) is 11.8 Å². The number of ether oxygens (including phenoxy) is 1. The number of hydrogen-bond donors (Lipinski definition) is 5. The van der Waals surface area contributed by atoms with Crippen molar-refractivity contribution >= 4 is 33.3 Å². The number of hydrogen-bond acceptors (Lipinski definition) is 11. The molecule has 2 saturated carbocycles. The molecular weight excluding hydrogens is 504 g/mol. The van der Waals surface area contributed by atoms with E-state index in [2.05, 4.69) is 15.6 Å². The Kier molecular flexibility index (Phi) is 7.58. The van der Waals surface area contributed by atoms with Gasteiger partial charge in [-0.05, 0) is 65.9 Å². The van der Waals surface area contributed by atoms with Crippen molar-refractivity contribution in [1.82, 2.24) is 19.9 Å². The zero-order valence-electron chi connectivity index (χ0n) is 22.6. The Morgan fingerprint density at radius 3 is 2.50 bits per heavy atom. The van der Waals surface area contributed by atoms with E-state index in [0.29, 0.717) is 30.2 Å². The van der Waals surface area contributed by atoms with Gasteiger partial charge in [0.05, 0.1) is 45.5 Å². The molecule has 0 spiro atoms. The molecule has 206 valence electrons. The fourth-order valence-corrected chi connectivity index (χ4v) is 6.72. The summed E-state index contributed by atoms with van der Waals surface area (Å²) >= 11 is 1.54. The molecule has 0 amide bonds. The summed E-state index contributed by atoms with van der Waals surface area (Å²) in [5.41, 5.74) is 2.07. The molecule has 2 fully saturated rings. The molecule has 0 bridgehead atoms. The number of aliphatic hydroxyl groups excluding tert-OH is 2. The Balaban J connectivity index is 1.45. The zero-order valence-corrected chi connectivity index (χ0v) is 23.4. The van der Waals surface area contributed by atoms with Gasteiger partial charge in [0.2, 0.25) is 5.95 Å². The Bertz CT molecular complexity index is 1290. The molecule has 1 unspecified atom stereocenters. The smallest absolute Gasteiger partial charge is 0.224 e. The van der Waals surface area contributed by atoms with Gasteiger partial charge in [-0.25, -0.2) is 9.97 Å². The van der Waals surface area contributed by atoms with E-state index < -0.39 is 29.8 Å². The molecule has 2 aliphatic carbocycles. The Labute approximate surface area is 226 Å². The lowest BCUT2D eigenvalue weighted by molar-refractivity contribution is -0.0601.